The van der Waals surface area contributed by atoms with Gasteiger partial charge in [0.15, 0.2) is 0 Å². The van der Waals surface area contributed by atoms with Crippen molar-refractivity contribution in [3.05, 3.63) is 29.8 Å². The van der Waals surface area contributed by atoms with Crippen LogP contribution < -0.4 is 10.6 Å². The van der Waals surface area contributed by atoms with Crippen molar-refractivity contribution in [3.63, 3.8) is 0 Å². The molecule has 3 N–H and O–H groups in total. The molecule has 0 spiro atoms. The van der Waals surface area contributed by atoms with E-state index in [2.05, 4.69) is 10.6 Å². The zero-order chi connectivity index (χ0) is 14.5. The molecule has 1 amide bonds. The Morgan fingerprint density at radius 3 is 2.85 bits per heavy atom. The highest BCUT2D eigenvalue weighted by atomic mass is 16.4. The van der Waals surface area contributed by atoms with Crippen LogP contribution in [0.1, 0.15) is 31.7 Å². The van der Waals surface area contributed by atoms with Gasteiger partial charge in [-0.05, 0) is 18.1 Å². The first-order chi connectivity index (χ1) is 9.61. The second kappa shape index (κ2) is 6.41. The van der Waals surface area contributed by atoms with E-state index < -0.39 is 12.0 Å². The molecule has 1 heterocycles. The van der Waals surface area contributed by atoms with E-state index in [9.17, 15) is 9.59 Å². The number of nitrogens with one attached hydrogen (secondary N) is 2. The number of carbonyl (C=O) groups excluding carboxylic acids is 1. The van der Waals surface area contributed by atoms with Crippen LogP contribution in [0.3, 0.4) is 0 Å². The second-order valence-electron chi connectivity index (χ2n) is 5.10. The lowest BCUT2D eigenvalue weighted by atomic mass is 10.1. The predicted molar refractivity (Wildman–Crippen MR) is 76.6 cm³/mol. The first-order valence-corrected chi connectivity index (χ1v) is 6.99. The number of carboxylic acids is 1. The number of hydrogen-bond donors (Lipinski definition) is 3. The maximum absolute atomic E-state index is 12.2. The highest BCUT2D eigenvalue weighted by molar-refractivity contribution is 5.90. The first-order valence-electron chi connectivity index (χ1n) is 6.99. The van der Waals surface area contributed by atoms with Crippen LogP contribution in [0.4, 0.5) is 5.69 Å². The maximum Gasteiger partial charge on any atom is 0.326 e. The van der Waals surface area contributed by atoms with Crippen molar-refractivity contribution < 1.29 is 14.7 Å². The number of carbonyl (C=O) groups is 2. The number of hydrogen-bond acceptors (Lipinski definition) is 3. The summed E-state index contributed by atoms with van der Waals surface area (Å²) in [5.74, 6) is -1.22. The van der Waals surface area contributed by atoms with E-state index in [0.717, 1.165) is 24.1 Å². The smallest absolute Gasteiger partial charge is 0.326 e. The Labute approximate surface area is 118 Å². The number of para-hydroxylation sites is 1. The first kappa shape index (κ1) is 14.4. The van der Waals surface area contributed by atoms with Crippen LogP contribution in [0.15, 0.2) is 24.3 Å². The van der Waals surface area contributed by atoms with Crippen molar-refractivity contribution in [3.8, 4) is 0 Å². The summed E-state index contributed by atoms with van der Waals surface area (Å²) in [6.07, 6.45) is 2.77. The van der Waals surface area contributed by atoms with E-state index in [0.29, 0.717) is 12.8 Å². The van der Waals surface area contributed by atoms with Crippen LogP contribution in [0.25, 0.3) is 0 Å². The Bertz CT molecular complexity index is 477. The molecule has 0 saturated heterocycles. The Balaban J connectivity index is 1.94. The number of amides is 1. The van der Waals surface area contributed by atoms with Crippen LogP contribution in [0, 0.1) is 0 Å². The maximum atomic E-state index is 12.2. The van der Waals surface area contributed by atoms with Crippen LogP contribution in [0.5, 0.6) is 0 Å². The predicted octanol–water partition coefficient (Wildman–Crippen LogP) is 1.78. The van der Waals surface area contributed by atoms with E-state index in [1.807, 2.05) is 31.2 Å². The van der Waals surface area contributed by atoms with Crippen LogP contribution in [-0.4, -0.2) is 29.1 Å². The van der Waals surface area contributed by atoms with Gasteiger partial charge in [0.2, 0.25) is 5.91 Å². The summed E-state index contributed by atoms with van der Waals surface area (Å²) in [6.45, 7) is 2.00. The Kier molecular flexibility index (Phi) is 4.61. The molecule has 2 rings (SSSR count). The summed E-state index contributed by atoms with van der Waals surface area (Å²) < 4.78 is 0. The monoisotopic (exact) mass is 276 g/mol. The molecule has 0 aromatic heterocycles. The summed E-state index contributed by atoms with van der Waals surface area (Å²) in [4.78, 5) is 23.3. The minimum absolute atomic E-state index is 0.246. The quantitative estimate of drug-likeness (QED) is 0.740. The van der Waals surface area contributed by atoms with Crippen molar-refractivity contribution >= 4 is 17.6 Å². The normalized spacial score (nSPS) is 17.9. The minimum Gasteiger partial charge on any atom is -0.480 e. The molecule has 5 nitrogen and oxygen atoms in total. The number of rotatable bonds is 6. The Morgan fingerprint density at radius 1 is 1.45 bits per heavy atom. The fourth-order valence-corrected chi connectivity index (χ4v) is 2.39. The highest BCUT2D eigenvalue weighted by Crippen LogP contribution is 2.25. The molecule has 1 aliphatic heterocycles. The molecule has 2 atom stereocenters. The number of benzene rings is 1. The van der Waals surface area contributed by atoms with Crippen molar-refractivity contribution in [1.82, 2.24) is 5.32 Å². The Hall–Kier alpha value is -2.04. The lowest BCUT2D eigenvalue weighted by molar-refractivity contribution is -0.142. The van der Waals surface area contributed by atoms with E-state index in [4.69, 9.17) is 5.11 Å². The fourth-order valence-electron chi connectivity index (χ4n) is 2.39. The van der Waals surface area contributed by atoms with Gasteiger partial charge in [0.25, 0.3) is 0 Å². The summed E-state index contributed by atoms with van der Waals surface area (Å²) in [7, 11) is 0. The summed E-state index contributed by atoms with van der Waals surface area (Å²) in [6, 6.07) is 6.56. The van der Waals surface area contributed by atoms with Crippen molar-refractivity contribution in [2.45, 2.75) is 44.7 Å². The molecule has 108 valence electrons. The van der Waals surface area contributed by atoms with Crippen molar-refractivity contribution in [2.24, 2.45) is 0 Å². The average molecular weight is 276 g/mol. The van der Waals surface area contributed by atoms with Gasteiger partial charge in [-0.25, -0.2) is 4.79 Å². The zero-order valence-electron chi connectivity index (χ0n) is 11.6. The lowest BCUT2D eigenvalue weighted by Gasteiger charge is -2.17. The molecule has 0 saturated carbocycles. The molecule has 0 fully saturated rings. The summed E-state index contributed by atoms with van der Waals surface area (Å²) in [5.41, 5.74) is 2.04. The largest absolute Gasteiger partial charge is 0.480 e. The highest BCUT2D eigenvalue weighted by Gasteiger charge is 2.29. The number of aliphatic carboxylic acids is 1. The summed E-state index contributed by atoms with van der Waals surface area (Å²) in [5, 5.41) is 14.9. The van der Waals surface area contributed by atoms with Gasteiger partial charge in [0.05, 0.1) is 0 Å². The SMILES string of the molecule is CCCC[C@H](NC(=O)[C@@H]1Cc2ccccc2N1)C(=O)O. The van der Waals surface area contributed by atoms with Crippen molar-refractivity contribution in [2.75, 3.05) is 5.32 Å². The average Bonchev–Trinajstić information content (AvgIpc) is 2.86. The lowest BCUT2D eigenvalue weighted by Crippen LogP contribution is -2.47. The molecule has 5 heteroatoms. The van der Waals surface area contributed by atoms with Gasteiger partial charge in [0, 0.05) is 12.1 Å². The van der Waals surface area contributed by atoms with Crippen molar-refractivity contribution in [1.29, 1.82) is 0 Å². The van der Waals surface area contributed by atoms with Gasteiger partial charge in [0.1, 0.15) is 12.1 Å². The molecule has 1 aromatic carbocycles. The molecule has 0 unspecified atom stereocenters. The van der Waals surface area contributed by atoms with Gasteiger partial charge in [-0.2, -0.15) is 0 Å². The van der Waals surface area contributed by atoms with Crippen LogP contribution in [-0.2, 0) is 16.0 Å². The summed E-state index contributed by atoms with van der Waals surface area (Å²) >= 11 is 0. The van der Waals surface area contributed by atoms with Gasteiger partial charge < -0.3 is 15.7 Å². The van der Waals surface area contributed by atoms with Gasteiger partial charge in [-0.15, -0.1) is 0 Å². The third-order valence-electron chi connectivity index (χ3n) is 3.55. The molecule has 20 heavy (non-hydrogen) atoms. The molecule has 0 aliphatic carbocycles. The molecule has 0 bridgehead atoms. The molecule has 1 aliphatic rings. The molecular formula is C15H20N2O3. The van der Waals surface area contributed by atoms with Gasteiger partial charge in [-0.3, -0.25) is 4.79 Å². The third kappa shape index (κ3) is 3.29. The number of unbranched alkanes of at least 4 members (excludes halogenated alkanes) is 1. The number of fused-ring (bicyclic) bond motifs is 1. The van der Waals surface area contributed by atoms with Crippen LogP contribution in [0.2, 0.25) is 0 Å². The topological polar surface area (TPSA) is 78.4 Å². The second-order valence-corrected chi connectivity index (χ2v) is 5.10. The number of carboxylic acid groups (broad SMARTS) is 1. The Morgan fingerprint density at radius 2 is 2.20 bits per heavy atom. The fraction of sp³-hybridized carbons (Fsp3) is 0.467. The van der Waals surface area contributed by atoms with E-state index in [-0.39, 0.29) is 11.9 Å². The van der Waals surface area contributed by atoms with E-state index >= 15 is 0 Å². The van der Waals surface area contributed by atoms with Gasteiger partial charge >= 0.3 is 5.97 Å². The minimum atomic E-state index is -0.970. The zero-order valence-corrected chi connectivity index (χ0v) is 11.6. The van der Waals surface area contributed by atoms with E-state index in [1.54, 1.807) is 0 Å². The number of anilines is 1. The third-order valence-corrected chi connectivity index (χ3v) is 3.55. The molecule has 0 radical (unpaired) electrons. The van der Waals surface area contributed by atoms with Gasteiger partial charge in [-0.1, -0.05) is 38.0 Å². The standard InChI is InChI=1S/C15H20N2O3/c1-2-3-7-12(15(19)20)17-14(18)13-9-10-6-4-5-8-11(10)16-13/h4-6,8,12-13,16H,2-3,7,9H2,1H3,(H,17,18)(H,19,20)/t12-,13-/m0/s1. The molecular weight excluding hydrogens is 256 g/mol. The van der Waals surface area contributed by atoms with Crippen LogP contribution >= 0.6 is 0 Å². The molecule has 1 aromatic rings. The van der Waals surface area contributed by atoms with E-state index in [1.165, 1.54) is 0 Å².